The molecule has 0 amide bonds. The molecule has 5 heteroatoms. The minimum absolute atomic E-state index is 0.0671. The van der Waals surface area contributed by atoms with Crippen molar-refractivity contribution in [2.45, 2.75) is 25.2 Å². The Balaban J connectivity index is 1.92. The third kappa shape index (κ3) is 5.17. The fourth-order valence-corrected chi connectivity index (χ4v) is 2.06. The summed E-state index contributed by atoms with van der Waals surface area (Å²) in [6, 6.07) is 0. The van der Waals surface area contributed by atoms with Gasteiger partial charge in [0.05, 0.1) is 25.9 Å². The van der Waals surface area contributed by atoms with E-state index in [2.05, 4.69) is 0 Å². The summed E-state index contributed by atoms with van der Waals surface area (Å²) < 4.78 is 10.7. The number of hydrogen-bond donors (Lipinski definition) is 2. The van der Waals surface area contributed by atoms with Crippen LogP contribution in [0.1, 0.15) is 12.8 Å². The van der Waals surface area contributed by atoms with Crippen LogP contribution in [-0.2, 0) is 9.47 Å². The summed E-state index contributed by atoms with van der Waals surface area (Å²) in [5.74, 6) is 1.46. The Bertz CT molecular complexity index is 139. The molecule has 1 heterocycles. The van der Waals surface area contributed by atoms with Crippen LogP contribution in [0.15, 0.2) is 0 Å². The molecule has 0 bridgehead atoms. The first kappa shape index (κ1) is 12.3. The average Bonchev–Trinajstić information content (AvgIpc) is 2.25. The number of aliphatic hydroxyl groups excluding tert-OH is 2. The first-order chi connectivity index (χ1) is 6.83. The molecule has 1 atom stereocenters. The Morgan fingerprint density at radius 2 is 2.07 bits per heavy atom. The molecule has 0 aromatic carbocycles. The molecule has 0 aromatic rings. The van der Waals surface area contributed by atoms with Crippen LogP contribution < -0.4 is 0 Å². The highest BCUT2D eigenvalue weighted by atomic mass is 32.2. The van der Waals surface area contributed by atoms with Gasteiger partial charge < -0.3 is 19.7 Å². The highest BCUT2D eigenvalue weighted by Gasteiger charge is 2.13. The van der Waals surface area contributed by atoms with Crippen molar-refractivity contribution in [3.05, 3.63) is 0 Å². The Morgan fingerprint density at radius 1 is 1.36 bits per heavy atom. The lowest BCUT2D eigenvalue weighted by Crippen LogP contribution is -2.25. The van der Waals surface area contributed by atoms with Gasteiger partial charge >= 0.3 is 0 Å². The number of rotatable bonds is 6. The van der Waals surface area contributed by atoms with E-state index in [0.717, 1.165) is 31.8 Å². The summed E-state index contributed by atoms with van der Waals surface area (Å²) in [5, 5.41) is 17.6. The maximum atomic E-state index is 9.06. The van der Waals surface area contributed by atoms with Gasteiger partial charge in [0.1, 0.15) is 0 Å². The third-order valence-electron chi connectivity index (χ3n) is 1.92. The molecule has 2 N–H and O–H groups in total. The smallest absolute Gasteiger partial charge is 0.158 e. The summed E-state index contributed by atoms with van der Waals surface area (Å²) in [5.41, 5.74) is 0. The standard InChI is InChI=1S/C9H18O4S/c10-6-8(11)7-14-5-2-9-12-3-1-4-13-9/h8-11H,1-7H2. The van der Waals surface area contributed by atoms with Gasteiger partial charge in [-0.25, -0.2) is 0 Å². The zero-order valence-electron chi connectivity index (χ0n) is 8.22. The van der Waals surface area contributed by atoms with Crippen molar-refractivity contribution < 1.29 is 19.7 Å². The third-order valence-corrected chi connectivity index (χ3v) is 3.06. The predicted octanol–water partition coefficient (Wildman–Crippen LogP) is 0.226. The van der Waals surface area contributed by atoms with Gasteiger partial charge in [0.25, 0.3) is 0 Å². The van der Waals surface area contributed by atoms with E-state index in [1.807, 2.05) is 0 Å². The van der Waals surface area contributed by atoms with Crippen molar-refractivity contribution in [1.82, 2.24) is 0 Å². The summed E-state index contributed by atoms with van der Waals surface area (Å²) in [6.07, 6.45) is 1.16. The van der Waals surface area contributed by atoms with E-state index in [1.54, 1.807) is 11.8 Å². The Labute approximate surface area is 88.6 Å². The molecule has 0 aliphatic carbocycles. The maximum Gasteiger partial charge on any atom is 0.158 e. The normalized spacial score (nSPS) is 21.0. The van der Waals surface area contributed by atoms with Crippen molar-refractivity contribution in [2.24, 2.45) is 0 Å². The molecule has 1 saturated heterocycles. The van der Waals surface area contributed by atoms with E-state index in [-0.39, 0.29) is 12.9 Å². The van der Waals surface area contributed by atoms with E-state index in [1.165, 1.54) is 0 Å². The minimum Gasteiger partial charge on any atom is -0.394 e. The van der Waals surface area contributed by atoms with Gasteiger partial charge in [-0.3, -0.25) is 0 Å². The van der Waals surface area contributed by atoms with Crippen molar-refractivity contribution in [3.63, 3.8) is 0 Å². The van der Waals surface area contributed by atoms with Gasteiger partial charge in [0.15, 0.2) is 6.29 Å². The van der Waals surface area contributed by atoms with Crippen molar-refractivity contribution >= 4 is 11.8 Å². The molecule has 84 valence electrons. The topological polar surface area (TPSA) is 58.9 Å². The molecule has 1 aliphatic heterocycles. The first-order valence-electron chi connectivity index (χ1n) is 4.93. The lowest BCUT2D eigenvalue weighted by molar-refractivity contribution is -0.178. The summed E-state index contributed by atoms with van der Waals surface area (Å²) in [6.45, 7) is 1.41. The van der Waals surface area contributed by atoms with Gasteiger partial charge in [0, 0.05) is 12.2 Å². The van der Waals surface area contributed by atoms with Crippen LogP contribution >= 0.6 is 11.8 Å². The highest BCUT2D eigenvalue weighted by molar-refractivity contribution is 7.99. The van der Waals surface area contributed by atoms with Crippen LogP contribution in [0.25, 0.3) is 0 Å². The minimum atomic E-state index is -0.604. The maximum absolute atomic E-state index is 9.06. The molecule has 1 unspecified atom stereocenters. The van der Waals surface area contributed by atoms with Gasteiger partial charge in [-0.05, 0) is 12.2 Å². The van der Waals surface area contributed by atoms with E-state index in [9.17, 15) is 0 Å². The lowest BCUT2D eigenvalue weighted by atomic mass is 10.4. The van der Waals surface area contributed by atoms with Crippen LogP contribution in [-0.4, -0.2) is 53.9 Å². The summed E-state index contributed by atoms with van der Waals surface area (Å²) >= 11 is 1.61. The highest BCUT2D eigenvalue weighted by Crippen LogP contribution is 2.13. The molecule has 1 fully saturated rings. The second kappa shape index (κ2) is 7.48. The first-order valence-corrected chi connectivity index (χ1v) is 6.08. The van der Waals surface area contributed by atoms with Gasteiger partial charge in [0.2, 0.25) is 0 Å². The molecular weight excluding hydrogens is 204 g/mol. The number of aliphatic hydroxyl groups is 2. The van der Waals surface area contributed by atoms with Crippen molar-refractivity contribution in [2.75, 3.05) is 31.3 Å². The SMILES string of the molecule is OCC(O)CSCCC1OCCCO1. The quantitative estimate of drug-likeness (QED) is 0.630. The Hall–Kier alpha value is 0.190. The molecule has 0 saturated carbocycles. The number of thioether (sulfide) groups is 1. The zero-order valence-corrected chi connectivity index (χ0v) is 9.04. The molecule has 1 aliphatic rings. The van der Waals surface area contributed by atoms with Gasteiger partial charge in [-0.15, -0.1) is 0 Å². The van der Waals surface area contributed by atoms with E-state index in [4.69, 9.17) is 19.7 Å². The second-order valence-corrected chi connectivity index (χ2v) is 4.37. The van der Waals surface area contributed by atoms with Gasteiger partial charge in [-0.2, -0.15) is 11.8 Å². The van der Waals surface area contributed by atoms with Crippen LogP contribution in [0.3, 0.4) is 0 Å². The summed E-state index contributed by atoms with van der Waals surface area (Å²) in [7, 11) is 0. The van der Waals surface area contributed by atoms with Crippen LogP contribution in [0.4, 0.5) is 0 Å². The second-order valence-electron chi connectivity index (χ2n) is 3.22. The van der Waals surface area contributed by atoms with E-state index in [0.29, 0.717) is 5.75 Å². The van der Waals surface area contributed by atoms with Crippen molar-refractivity contribution in [1.29, 1.82) is 0 Å². The molecular formula is C9H18O4S. The Kier molecular flexibility index (Phi) is 6.55. The molecule has 0 radical (unpaired) electrons. The number of hydrogen-bond acceptors (Lipinski definition) is 5. The number of ether oxygens (including phenoxy) is 2. The molecule has 1 rings (SSSR count). The molecule has 0 spiro atoms. The average molecular weight is 222 g/mol. The fraction of sp³-hybridized carbons (Fsp3) is 1.00. The predicted molar refractivity (Wildman–Crippen MR) is 55.3 cm³/mol. The fourth-order valence-electron chi connectivity index (χ4n) is 1.15. The van der Waals surface area contributed by atoms with Crippen molar-refractivity contribution in [3.8, 4) is 0 Å². The van der Waals surface area contributed by atoms with E-state index < -0.39 is 6.10 Å². The van der Waals surface area contributed by atoms with Crippen LogP contribution in [0, 0.1) is 0 Å². The van der Waals surface area contributed by atoms with Crippen LogP contribution in [0.5, 0.6) is 0 Å². The monoisotopic (exact) mass is 222 g/mol. The lowest BCUT2D eigenvalue weighted by Gasteiger charge is -2.22. The Morgan fingerprint density at radius 3 is 2.71 bits per heavy atom. The molecule has 14 heavy (non-hydrogen) atoms. The molecule has 4 nitrogen and oxygen atoms in total. The zero-order chi connectivity index (χ0) is 10.2. The van der Waals surface area contributed by atoms with E-state index >= 15 is 0 Å². The summed E-state index contributed by atoms with van der Waals surface area (Å²) in [4.78, 5) is 0. The largest absolute Gasteiger partial charge is 0.394 e. The van der Waals surface area contributed by atoms with Crippen LogP contribution in [0.2, 0.25) is 0 Å². The molecule has 0 aromatic heterocycles. The van der Waals surface area contributed by atoms with Gasteiger partial charge in [-0.1, -0.05) is 0 Å².